The first-order valence-electron chi connectivity index (χ1n) is 3.97. The van der Waals surface area contributed by atoms with Crippen LogP contribution in [0.3, 0.4) is 0 Å². The fraction of sp³-hybridized carbons (Fsp3) is 0.111. The average Bonchev–Trinajstić information content (AvgIpc) is 2.45. The largest absolute Gasteiger partial charge is 0.477 e. The predicted molar refractivity (Wildman–Crippen MR) is 55.7 cm³/mol. The van der Waals surface area contributed by atoms with Crippen molar-refractivity contribution in [2.45, 2.75) is 6.92 Å². The fourth-order valence-electron chi connectivity index (χ4n) is 1.40. The van der Waals surface area contributed by atoms with Crippen molar-refractivity contribution in [2.24, 2.45) is 0 Å². The Bertz CT molecular complexity index is 519. The van der Waals surface area contributed by atoms with Gasteiger partial charge in [-0.15, -0.1) is 11.3 Å². The van der Waals surface area contributed by atoms with Gasteiger partial charge in [-0.2, -0.15) is 0 Å². The molecule has 0 aliphatic rings. The molecule has 0 radical (unpaired) electrons. The standard InChI is InChI=1S/C9H8N2O2S/c1-4-2-11-3-5-6(4)7(10)8(14-5)9(12)13/h2-3H,10H2,1H3,(H,12,13). The first kappa shape index (κ1) is 8.96. The van der Waals surface area contributed by atoms with Gasteiger partial charge in [0.25, 0.3) is 0 Å². The normalized spacial score (nSPS) is 10.6. The van der Waals surface area contributed by atoms with Crippen LogP contribution < -0.4 is 5.73 Å². The summed E-state index contributed by atoms with van der Waals surface area (Å²) in [6.45, 7) is 1.87. The zero-order valence-corrected chi connectivity index (χ0v) is 8.26. The number of rotatable bonds is 1. The zero-order chi connectivity index (χ0) is 10.3. The highest BCUT2D eigenvalue weighted by atomic mass is 32.1. The van der Waals surface area contributed by atoms with Crippen LogP contribution in [0.5, 0.6) is 0 Å². The summed E-state index contributed by atoms with van der Waals surface area (Å²) in [6.07, 6.45) is 3.31. The summed E-state index contributed by atoms with van der Waals surface area (Å²) in [7, 11) is 0. The van der Waals surface area contributed by atoms with Gasteiger partial charge in [-0.3, -0.25) is 4.98 Å². The summed E-state index contributed by atoms with van der Waals surface area (Å²) in [5.74, 6) is -0.983. The molecule has 0 amide bonds. The summed E-state index contributed by atoms with van der Waals surface area (Å²) < 4.78 is 0.819. The number of hydrogen-bond acceptors (Lipinski definition) is 4. The van der Waals surface area contributed by atoms with E-state index < -0.39 is 5.97 Å². The average molecular weight is 208 g/mol. The first-order chi connectivity index (χ1) is 6.61. The first-order valence-corrected chi connectivity index (χ1v) is 4.78. The number of nitrogen functional groups attached to an aromatic ring is 1. The molecule has 14 heavy (non-hydrogen) atoms. The Morgan fingerprint density at radius 3 is 2.86 bits per heavy atom. The zero-order valence-electron chi connectivity index (χ0n) is 7.44. The van der Waals surface area contributed by atoms with E-state index in [1.165, 1.54) is 0 Å². The number of carboxylic acids is 1. The lowest BCUT2D eigenvalue weighted by atomic mass is 10.2. The monoisotopic (exact) mass is 208 g/mol. The van der Waals surface area contributed by atoms with Gasteiger partial charge in [0.15, 0.2) is 0 Å². The third-order valence-electron chi connectivity index (χ3n) is 2.02. The summed E-state index contributed by atoms with van der Waals surface area (Å²) in [5.41, 5.74) is 6.99. The summed E-state index contributed by atoms with van der Waals surface area (Å²) >= 11 is 1.16. The molecule has 2 rings (SSSR count). The van der Waals surface area contributed by atoms with E-state index in [-0.39, 0.29) is 4.88 Å². The maximum absolute atomic E-state index is 10.8. The number of thiophene rings is 1. The van der Waals surface area contributed by atoms with Gasteiger partial charge in [-0.05, 0) is 12.5 Å². The van der Waals surface area contributed by atoms with Crippen LogP contribution in [0, 0.1) is 6.92 Å². The van der Waals surface area contributed by atoms with Crippen LogP contribution in [-0.4, -0.2) is 16.1 Å². The van der Waals surface area contributed by atoms with Gasteiger partial charge < -0.3 is 10.8 Å². The second-order valence-corrected chi connectivity index (χ2v) is 4.03. The van der Waals surface area contributed by atoms with Gasteiger partial charge in [0.1, 0.15) is 4.88 Å². The topological polar surface area (TPSA) is 76.2 Å². The molecular formula is C9H8N2O2S. The van der Waals surface area contributed by atoms with Crippen molar-refractivity contribution in [2.75, 3.05) is 5.73 Å². The molecule has 3 N–H and O–H groups in total. The molecule has 2 heterocycles. The van der Waals surface area contributed by atoms with Gasteiger partial charge in [0.2, 0.25) is 0 Å². The molecule has 2 aromatic heterocycles. The molecule has 0 aromatic carbocycles. The number of carbonyl (C=O) groups is 1. The minimum absolute atomic E-state index is 0.191. The van der Waals surface area contributed by atoms with Crippen molar-refractivity contribution in [3.63, 3.8) is 0 Å². The number of nitrogens with two attached hydrogens (primary N) is 1. The predicted octanol–water partition coefficient (Wildman–Crippen LogP) is 1.89. The number of aryl methyl sites for hydroxylation is 1. The van der Waals surface area contributed by atoms with Crippen molar-refractivity contribution >= 4 is 33.1 Å². The summed E-state index contributed by atoms with van der Waals surface area (Å²) in [5, 5.41) is 9.68. The lowest BCUT2D eigenvalue weighted by molar-refractivity contribution is 0.0703. The lowest BCUT2D eigenvalue weighted by Gasteiger charge is -1.95. The molecule has 72 valence electrons. The minimum Gasteiger partial charge on any atom is -0.477 e. The van der Waals surface area contributed by atoms with Gasteiger partial charge >= 0.3 is 5.97 Å². The quantitative estimate of drug-likeness (QED) is 0.750. The van der Waals surface area contributed by atoms with Gasteiger partial charge in [0.05, 0.1) is 10.4 Å². The number of anilines is 1. The molecule has 0 fully saturated rings. The van der Waals surface area contributed by atoms with E-state index in [0.717, 1.165) is 27.0 Å². The van der Waals surface area contributed by atoms with Gasteiger partial charge in [0, 0.05) is 17.8 Å². The Labute approximate surface area is 84.0 Å². The molecule has 0 saturated carbocycles. The SMILES string of the molecule is Cc1cncc2sc(C(=O)O)c(N)c12. The van der Waals surface area contributed by atoms with Crippen molar-refractivity contribution in [3.8, 4) is 0 Å². The van der Waals surface area contributed by atoms with Crippen LogP contribution in [0.4, 0.5) is 5.69 Å². The van der Waals surface area contributed by atoms with Crippen LogP contribution >= 0.6 is 11.3 Å². The number of aromatic carboxylic acids is 1. The lowest BCUT2D eigenvalue weighted by Crippen LogP contribution is -1.97. The smallest absolute Gasteiger partial charge is 0.348 e. The van der Waals surface area contributed by atoms with Crippen molar-refractivity contribution in [3.05, 3.63) is 22.8 Å². The molecule has 0 aliphatic carbocycles. The number of hydrogen-bond donors (Lipinski definition) is 2. The van der Waals surface area contributed by atoms with Crippen molar-refractivity contribution in [1.82, 2.24) is 4.98 Å². The number of aromatic nitrogens is 1. The Hall–Kier alpha value is -1.62. The third-order valence-corrected chi connectivity index (χ3v) is 3.15. The number of pyridine rings is 1. The molecule has 0 bridgehead atoms. The molecular weight excluding hydrogens is 200 g/mol. The maximum atomic E-state index is 10.8. The Morgan fingerprint density at radius 2 is 2.29 bits per heavy atom. The van der Waals surface area contributed by atoms with E-state index >= 15 is 0 Å². The van der Waals surface area contributed by atoms with Crippen LogP contribution in [0.1, 0.15) is 15.2 Å². The third kappa shape index (κ3) is 1.13. The van der Waals surface area contributed by atoms with Crippen LogP contribution in [0.25, 0.3) is 10.1 Å². The molecule has 0 unspecified atom stereocenters. The highest BCUT2D eigenvalue weighted by Crippen LogP contribution is 2.34. The van der Waals surface area contributed by atoms with E-state index in [1.807, 2.05) is 6.92 Å². The minimum atomic E-state index is -0.983. The van der Waals surface area contributed by atoms with E-state index in [1.54, 1.807) is 12.4 Å². The van der Waals surface area contributed by atoms with Crippen LogP contribution in [0.15, 0.2) is 12.4 Å². The van der Waals surface area contributed by atoms with E-state index in [9.17, 15) is 4.79 Å². The molecule has 2 aromatic rings. The Kier molecular flexibility index (Phi) is 1.89. The van der Waals surface area contributed by atoms with Crippen molar-refractivity contribution < 1.29 is 9.90 Å². The van der Waals surface area contributed by atoms with Gasteiger partial charge in [-0.1, -0.05) is 0 Å². The second kappa shape index (κ2) is 2.95. The van der Waals surface area contributed by atoms with E-state index in [4.69, 9.17) is 10.8 Å². The Morgan fingerprint density at radius 1 is 1.57 bits per heavy atom. The highest BCUT2D eigenvalue weighted by Gasteiger charge is 2.16. The highest BCUT2D eigenvalue weighted by molar-refractivity contribution is 7.21. The number of carboxylic acid groups (broad SMARTS) is 1. The maximum Gasteiger partial charge on any atom is 0.348 e. The van der Waals surface area contributed by atoms with Crippen LogP contribution in [0.2, 0.25) is 0 Å². The van der Waals surface area contributed by atoms with E-state index in [0.29, 0.717) is 5.69 Å². The fourth-order valence-corrected chi connectivity index (χ4v) is 2.41. The second-order valence-electron chi connectivity index (χ2n) is 2.98. The molecule has 0 spiro atoms. The molecule has 5 heteroatoms. The summed E-state index contributed by atoms with van der Waals surface area (Å²) in [6, 6.07) is 0. The molecule has 4 nitrogen and oxygen atoms in total. The number of fused-ring (bicyclic) bond motifs is 1. The summed E-state index contributed by atoms with van der Waals surface area (Å²) in [4.78, 5) is 15.0. The molecule has 0 saturated heterocycles. The number of nitrogens with zero attached hydrogens (tertiary/aromatic N) is 1. The molecule has 0 aliphatic heterocycles. The van der Waals surface area contributed by atoms with Crippen molar-refractivity contribution in [1.29, 1.82) is 0 Å². The van der Waals surface area contributed by atoms with E-state index in [2.05, 4.69) is 4.98 Å². The molecule has 0 atom stereocenters. The van der Waals surface area contributed by atoms with Gasteiger partial charge in [-0.25, -0.2) is 4.79 Å². The Balaban J connectivity index is 2.87. The van der Waals surface area contributed by atoms with Crippen LogP contribution in [-0.2, 0) is 0 Å².